The van der Waals surface area contributed by atoms with Crippen LogP contribution in [0.3, 0.4) is 0 Å². The lowest BCUT2D eigenvalue weighted by atomic mass is 10.1. The van der Waals surface area contributed by atoms with Gasteiger partial charge >= 0.3 is 5.97 Å². The summed E-state index contributed by atoms with van der Waals surface area (Å²) in [5.41, 5.74) is 1.48. The number of esters is 1. The van der Waals surface area contributed by atoms with Crippen LogP contribution in [0.5, 0.6) is 0 Å². The van der Waals surface area contributed by atoms with Crippen LogP contribution in [0, 0.1) is 13.8 Å². The molecule has 0 atom stereocenters. The summed E-state index contributed by atoms with van der Waals surface area (Å²) in [5, 5.41) is 2.60. The standard InChI is InChI=1S/C17H17NO4S/c1-10-7-15(12(3)23-10)17(21)22-9-16(20)18-14-6-4-5-13(8-14)11(2)19/h4-8H,9H2,1-3H3,(H,18,20). The van der Waals surface area contributed by atoms with Gasteiger partial charge in [0.05, 0.1) is 5.56 Å². The fourth-order valence-electron chi connectivity index (χ4n) is 2.06. The van der Waals surface area contributed by atoms with Crippen LogP contribution in [0.4, 0.5) is 5.69 Å². The predicted molar refractivity (Wildman–Crippen MR) is 89.2 cm³/mol. The SMILES string of the molecule is CC(=O)c1cccc(NC(=O)COC(=O)c2cc(C)sc2C)c1. The molecule has 0 saturated carbocycles. The van der Waals surface area contributed by atoms with Gasteiger partial charge in [-0.05, 0) is 39.0 Å². The minimum Gasteiger partial charge on any atom is -0.452 e. The van der Waals surface area contributed by atoms with E-state index in [0.717, 1.165) is 9.75 Å². The Morgan fingerprint density at radius 2 is 1.91 bits per heavy atom. The van der Waals surface area contributed by atoms with E-state index >= 15 is 0 Å². The fraction of sp³-hybridized carbons (Fsp3) is 0.235. The first kappa shape index (κ1) is 16.9. The second-order valence-electron chi connectivity index (χ2n) is 5.09. The molecule has 0 saturated heterocycles. The molecule has 0 radical (unpaired) electrons. The van der Waals surface area contributed by atoms with Crippen molar-refractivity contribution in [2.24, 2.45) is 0 Å². The number of hydrogen-bond donors (Lipinski definition) is 1. The molecule has 2 aromatic rings. The Labute approximate surface area is 138 Å². The van der Waals surface area contributed by atoms with Crippen molar-refractivity contribution in [3.63, 3.8) is 0 Å². The molecule has 0 aliphatic heterocycles. The number of hydrogen-bond acceptors (Lipinski definition) is 5. The second kappa shape index (κ2) is 7.19. The van der Waals surface area contributed by atoms with Crippen molar-refractivity contribution >= 4 is 34.7 Å². The molecule has 1 heterocycles. The van der Waals surface area contributed by atoms with Crippen LogP contribution < -0.4 is 5.32 Å². The number of ether oxygens (including phenoxy) is 1. The molecule has 0 unspecified atom stereocenters. The highest BCUT2D eigenvalue weighted by Gasteiger charge is 2.15. The third-order valence-electron chi connectivity index (χ3n) is 3.15. The largest absolute Gasteiger partial charge is 0.452 e. The summed E-state index contributed by atoms with van der Waals surface area (Å²) in [7, 11) is 0. The smallest absolute Gasteiger partial charge is 0.339 e. The monoisotopic (exact) mass is 331 g/mol. The van der Waals surface area contributed by atoms with Gasteiger partial charge in [-0.15, -0.1) is 11.3 Å². The van der Waals surface area contributed by atoms with Gasteiger partial charge < -0.3 is 10.1 Å². The Morgan fingerprint density at radius 1 is 1.17 bits per heavy atom. The van der Waals surface area contributed by atoms with Crippen molar-refractivity contribution in [3.8, 4) is 0 Å². The Bertz CT molecular complexity index is 764. The highest BCUT2D eigenvalue weighted by molar-refractivity contribution is 7.12. The van der Waals surface area contributed by atoms with Gasteiger partial charge in [-0.25, -0.2) is 4.79 Å². The van der Waals surface area contributed by atoms with Gasteiger partial charge in [0.2, 0.25) is 0 Å². The number of amides is 1. The maximum absolute atomic E-state index is 11.9. The first-order valence-corrected chi connectivity index (χ1v) is 7.83. The molecule has 2 rings (SSSR count). The number of Topliss-reactive ketones (excluding diaryl/α,β-unsaturated/α-hetero) is 1. The van der Waals surface area contributed by atoms with E-state index in [1.165, 1.54) is 18.3 Å². The van der Waals surface area contributed by atoms with Crippen molar-refractivity contribution < 1.29 is 19.1 Å². The Balaban J connectivity index is 1.92. The summed E-state index contributed by atoms with van der Waals surface area (Å²) in [6.07, 6.45) is 0. The average Bonchev–Trinajstić information content (AvgIpc) is 2.84. The molecular weight excluding hydrogens is 314 g/mol. The molecule has 5 nitrogen and oxygen atoms in total. The Morgan fingerprint density at radius 3 is 2.52 bits per heavy atom. The number of aryl methyl sites for hydroxylation is 2. The molecule has 0 fully saturated rings. The van der Waals surface area contributed by atoms with E-state index in [0.29, 0.717) is 16.8 Å². The number of benzene rings is 1. The first-order valence-electron chi connectivity index (χ1n) is 7.02. The summed E-state index contributed by atoms with van der Waals surface area (Å²) in [6.45, 7) is 4.82. The zero-order valence-electron chi connectivity index (χ0n) is 13.1. The lowest BCUT2D eigenvalue weighted by Crippen LogP contribution is -2.21. The van der Waals surface area contributed by atoms with Crippen molar-refractivity contribution in [1.29, 1.82) is 0 Å². The quantitative estimate of drug-likeness (QED) is 0.673. The highest BCUT2D eigenvalue weighted by atomic mass is 32.1. The summed E-state index contributed by atoms with van der Waals surface area (Å²) in [6, 6.07) is 8.33. The van der Waals surface area contributed by atoms with E-state index in [9.17, 15) is 14.4 Å². The summed E-state index contributed by atoms with van der Waals surface area (Å²) >= 11 is 1.51. The predicted octanol–water partition coefficient (Wildman–Crippen LogP) is 3.36. The van der Waals surface area contributed by atoms with E-state index in [1.54, 1.807) is 30.3 Å². The zero-order valence-corrected chi connectivity index (χ0v) is 14.0. The van der Waals surface area contributed by atoms with Crippen molar-refractivity contribution in [3.05, 3.63) is 51.2 Å². The molecule has 1 aromatic heterocycles. The van der Waals surface area contributed by atoms with E-state index in [2.05, 4.69) is 5.32 Å². The van der Waals surface area contributed by atoms with Gasteiger partial charge in [0, 0.05) is 21.0 Å². The van der Waals surface area contributed by atoms with E-state index < -0.39 is 11.9 Å². The van der Waals surface area contributed by atoms with Gasteiger partial charge in [-0.1, -0.05) is 12.1 Å². The molecule has 120 valence electrons. The highest BCUT2D eigenvalue weighted by Crippen LogP contribution is 2.21. The minimum absolute atomic E-state index is 0.0872. The molecule has 0 aliphatic carbocycles. The third-order valence-corrected chi connectivity index (χ3v) is 4.11. The number of carbonyl (C=O) groups excluding carboxylic acids is 3. The van der Waals surface area contributed by atoms with E-state index in [4.69, 9.17) is 4.74 Å². The molecule has 0 aliphatic rings. The van der Waals surface area contributed by atoms with Gasteiger partial charge in [0.1, 0.15) is 0 Å². The fourth-order valence-corrected chi connectivity index (χ4v) is 2.97. The number of nitrogens with one attached hydrogen (secondary N) is 1. The summed E-state index contributed by atoms with van der Waals surface area (Å²) in [4.78, 5) is 37.0. The van der Waals surface area contributed by atoms with Crippen molar-refractivity contribution in [2.75, 3.05) is 11.9 Å². The number of carbonyl (C=O) groups is 3. The van der Waals surface area contributed by atoms with Gasteiger partial charge in [0.15, 0.2) is 12.4 Å². The number of anilines is 1. The Kier molecular flexibility index (Phi) is 5.28. The van der Waals surface area contributed by atoms with Crippen LogP contribution in [-0.2, 0) is 9.53 Å². The molecule has 6 heteroatoms. The molecular formula is C17H17NO4S. The number of ketones is 1. The van der Waals surface area contributed by atoms with Crippen molar-refractivity contribution in [1.82, 2.24) is 0 Å². The van der Waals surface area contributed by atoms with Crippen LogP contribution in [-0.4, -0.2) is 24.3 Å². The van der Waals surface area contributed by atoms with Gasteiger partial charge in [0.25, 0.3) is 5.91 Å². The maximum Gasteiger partial charge on any atom is 0.339 e. The van der Waals surface area contributed by atoms with Crippen LogP contribution >= 0.6 is 11.3 Å². The van der Waals surface area contributed by atoms with E-state index in [1.807, 2.05) is 13.8 Å². The molecule has 1 aromatic carbocycles. The maximum atomic E-state index is 11.9. The molecule has 23 heavy (non-hydrogen) atoms. The lowest BCUT2D eigenvalue weighted by Gasteiger charge is -2.07. The summed E-state index contributed by atoms with van der Waals surface area (Å²) < 4.78 is 5.02. The number of thiophene rings is 1. The van der Waals surface area contributed by atoms with Crippen LogP contribution in [0.1, 0.15) is 37.4 Å². The van der Waals surface area contributed by atoms with Crippen LogP contribution in [0.15, 0.2) is 30.3 Å². The molecule has 0 bridgehead atoms. The molecule has 1 N–H and O–H groups in total. The minimum atomic E-state index is -0.514. The normalized spacial score (nSPS) is 10.2. The summed E-state index contributed by atoms with van der Waals surface area (Å²) in [5.74, 6) is -1.06. The second-order valence-corrected chi connectivity index (χ2v) is 6.55. The van der Waals surface area contributed by atoms with Crippen molar-refractivity contribution in [2.45, 2.75) is 20.8 Å². The van der Waals surface area contributed by atoms with Crippen LogP contribution in [0.2, 0.25) is 0 Å². The van der Waals surface area contributed by atoms with E-state index in [-0.39, 0.29) is 12.4 Å². The number of rotatable bonds is 5. The first-order chi connectivity index (χ1) is 10.9. The molecule has 0 spiro atoms. The molecule has 1 amide bonds. The third kappa shape index (κ3) is 4.50. The van der Waals surface area contributed by atoms with Gasteiger partial charge in [-0.2, -0.15) is 0 Å². The lowest BCUT2D eigenvalue weighted by molar-refractivity contribution is -0.119. The van der Waals surface area contributed by atoms with Gasteiger partial charge in [-0.3, -0.25) is 9.59 Å². The topological polar surface area (TPSA) is 72.5 Å². The van der Waals surface area contributed by atoms with Crippen LogP contribution in [0.25, 0.3) is 0 Å². The zero-order chi connectivity index (χ0) is 17.0. The average molecular weight is 331 g/mol. The Hall–Kier alpha value is -2.47.